The molecule has 0 bridgehead atoms. The van der Waals surface area contributed by atoms with Crippen LogP contribution in [0, 0.1) is 6.92 Å². The highest BCUT2D eigenvalue weighted by atomic mass is 16.2. The number of aromatic nitrogens is 2. The van der Waals surface area contributed by atoms with Gasteiger partial charge in [0.2, 0.25) is 5.91 Å². The lowest BCUT2D eigenvalue weighted by molar-refractivity contribution is -0.127. The van der Waals surface area contributed by atoms with Gasteiger partial charge in [0.1, 0.15) is 11.6 Å². The molecule has 26 heavy (non-hydrogen) atoms. The first-order valence-electron chi connectivity index (χ1n) is 9.66. The van der Waals surface area contributed by atoms with Crippen molar-refractivity contribution in [3.63, 3.8) is 0 Å². The molecule has 4 rings (SSSR count). The smallest absolute Gasteiger partial charge is 0.222 e. The average molecular weight is 350 g/mol. The Morgan fingerprint density at radius 3 is 2.65 bits per heavy atom. The molecule has 1 saturated heterocycles. The van der Waals surface area contributed by atoms with Crippen molar-refractivity contribution in [2.45, 2.75) is 51.5 Å². The number of aryl methyl sites for hydroxylation is 2. The van der Waals surface area contributed by atoms with Crippen LogP contribution in [0.25, 0.3) is 0 Å². The predicted molar refractivity (Wildman–Crippen MR) is 102 cm³/mol. The first-order chi connectivity index (χ1) is 12.7. The summed E-state index contributed by atoms with van der Waals surface area (Å²) >= 11 is 0. The molecule has 136 valence electrons. The van der Waals surface area contributed by atoms with Crippen LogP contribution in [0.1, 0.15) is 54.4 Å². The van der Waals surface area contributed by atoms with Crippen molar-refractivity contribution in [2.75, 3.05) is 18.4 Å². The molecule has 1 fully saturated rings. The van der Waals surface area contributed by atoms with Crippen molar-refractivity contribution >= 4 is 11.7 Å². The van der Waals surface area contributed by atoms with Crippen molar-refractivity contribution in [2.24, 2.45) is 0 Å². The third-order valence-corrected chi connectivity index (χ3v) is 5.38. The molecule has 1 N–H and O–H groups in total. The van der Waals surface area contributed by atoms with Crippen molar-refractivity contribution in [1.29, 1.82) is 0 Å². The van der Waals surface area contributed by atoms with E-state index in [0.717, 1.165) is 37.4 Å². The van der Waals surface area contributed by atoms with Crippen LogP contribution >= 0.6 is 0 Å². The largest absolute Gasteiger partial charge is 0.361 e. The van der Waals surface area contributed by atoms with Crippen molar-refractivity contribution in [1.82, 2.24) is 14.9 Å². The van der Waals surface area contributed by atoms with Crippen LogP contribution in [0.15, 0.2) is 30.3 Å². The van der Waals surface area contributed by atoms with Crippen molar-refractivity contribution in [3.05, 3.63) is 53.0 Å². The zero-order chi connectivity index (χ0) is 17.9. The molecular formula is C21H26N4O. The molecule has 1 atom stereocenters. The lowest BCUT2D eigenvalue weighted by atomic mass is 9.96. The monoisotopic (exact) mass is 350 g/mol. The van der Waals surface area contributed by atoms with Crippen molar-refractivity contribution in [3.8, 4) is 0 Å². The van der Waals surface area contributed by atoms with Crippen LogP contribution in [0.3, 0.4) is 0 Å². The standard InChI is InChI=1S/C21H26N4O/c1-15-22-18-11-6-5-10-17(18)21(23-15)24-19(16-8-3-2-4-9-16)14-25-13-7-12-20(25)26/h2-4,8-9,19H,5-7,10-14H2,1H3,(H,22,23,24). The van der Waals surface area contributed by atoms with E-state index in [4.69, 9.17) is 4.98 Å². The average Bonchev–Trinajstić information content (AvgIpc) is 3.06. The second-order valence-electron chi connectivity index (χ2n) is 7.30. The molecule has 1 amide bonds. The molecule has 1 aromatic heterocycles. The number of likely N-dealkylation sites (tertiary alicyclic amines) is 1. The first-order valence-corrected chi connectivity index (χ1v) is 9.66. The second kappa shape index (κ2) is 7.44. The van der Waals surface area contributed by atoms with Gasteiger partial charge in [-0.25, -0.2) is 9.97 Å². The summed E-state index contributed by atoms with van der Waals surface area (Å²) in [5, 5.41) is 3.67. The molecule has 2 aromatic rings. The minimum Gasteiger partial charge on any atom is -0.361 e. The number of nitrogens with zero attached hydrogens (tertiary/aromatic N) is 3. The van der Waals surface area contributed by atoms with Gasteiger partial charge in [-0.2, -0.15) is 0 Å². The van der Waals surface area contributed by atoms with Gasteiger partial charge in [-0.05, 0) is 44.6 Å². The maximum Gasteiger partial charge on any atom is 0.222 e. The maximum absolute atomic E-state index is 12.2. The Morgan fingerprint density at radius 2 is 1.88 bits per heavy atom. The summed E-state index contributed by atoms with van der Waals surface area (Å²) in [4.78, 5) is 23.5. The molecule has 1 aliphatic heterocycles. The van der Waals surface area contributed by atoms with Crippen LogP contribution in [-0.4, -0.2) is 33.9 Å². The van der Waals surface area contributed by atoms with Crippen LogP contribution in [0.2, 0.25) is 0 Å². The molecule has 5 heteroatoms. The topological polar surface area (TPSA) is 58.1 Å². The molecule has 0 saturated carbocycles. The second-order valence-corrected chi connectivity index (χ2v) is 7.30. The number of hydrogen-bond acceptors (Lipinski definition) is 4. The van der Waals surface area contributed by atoms with Gasteiger partial charge in [0.25, 0.3) is 0 Å². The van der Waals surface area contributed by atoms with Gasteiger partial charge in [-0.1, -0.05) is 30.3 Å². The van der Waals surface area contributed by atoms with Gasteiger partial charge < -0.3 is 10.2 Å². The first kappa shape index (κ1) is 17.0. The number of carbonyl (C=O) groups is 1. The molecule has 2 aliphatic rings. The Labute approximate surface area is 154 Å². The maximum atomic E-state index is 12.2. The predicted octanol–water partition coefficient (Wildman–Crippen LogP) is 3.44. The Morgan fingerprint density at radius 1 is 1.08 bits per heavy atom. The van der Waals surface area contributed by atoms with E-state index >= 15 is 0 Å². The van der Waals surface area contributed by atoms with E-state index in [1.165, 1.54) is 29.7 Å². The number of nitrogens with one attached hydrogen (secondary N) is 1. The summed E-state index contributed by atoms with van der Waals surface area (Å²) in [5.41, 5.74) is 3.64. The molecule has 0 radical (unpaired) electrons. The number of amides is 1. The molecule has 0 spiro atoms. The van der Waals surface area contributed by atoms with E-state index in [0.29, 0.717) is 13.0 Å². The van der Waals surface area contributed by atoms with E-state index < -0.39 is 0 Å². The summed E-state index contributed by atoms with van der Waals surface area (Å²) in [5.74, 6) is 2.03. The number of benzene rings is 1. The third-order valence-electron chi connectivity index (χ3n) is 5.38. The quantitative estimate of drug-likeness (QED) is 0.897. The number of hydrogen-bond donors (Lipinski definition) is 1. The van der Waals surface area contributed by atoms with Crippen molar-refractivity contribution < 1.29 is 4.79 Å². The fourth-order valence-electron chi connectivity index (χ4n) is 4.04. The van der Waals surface area contributed by atoms with E-state index in [1.807, 2.05) is 17.9 Å². The van der Waals surface area contributed by atoms with Crippen LogP contribution in [-0.2, 0) is 17.6 Å². The third kappa shape index (κ3) is 3.57. The molecule has 2 heterocycles. The van der Waals surface area contributed by atoms with Gasteiger partial charge in [-0.3, -0.25) is 4.79 Å². The highest BCUT2D eigenvalue weighted by molar-refractivity contribution is 5.78. The normalized spacial score (nSPS) is 17.9. The number of anilines is 1. The van der Waals surface area contributed by atoms with Gasteiger partial charge in [0, 0.05) is 30.8 Å². The Kier molecular flexibility index (Phi) is 4.87. The number of fused-ring (bicyclic) bond motifs is 1. The van der Waals surface area contributed by atoms with Crippen LogP contribution < -0.4 is 5.32 Å². The van der Waals surface area contributed by atoms with E-state index in [-0.39, 0.29) is 11.9 Å². The van der Waals surface area contributed by atoms with Gasteiger partial charge in [-0.15, -0.1) is 0 Å². The fourth-order valence-corrected chi connectivity index (χ4v) is 4.04. The van der Waals surface area contributed by atoms with Crippen LogP contribution in [0.5, 0.6) is 0 Å². The van der Waals surface area contributed by atoms with Gasteiger partial charge >= 0.3 is 0 Å². The summed E-state index contributed by atoms with van der Waals surface area (Å²) in [6, 6.07) is 10.4. The van der Waals surface area contributed by atoms with E-state index in [9.17, 15) is 4.79 Å². The molecule has 1 unspecified atom stereocenters. The van der Waals surface area contributed by atoms with Crippen LogP contribution in [0.4, 0.5) is 5.82 Å². The SMILES string of the molecule is Cc1nc2c(c(NC(CN3CCCC3=O)c3ccccc3)n1)CCCC2. The van der Waals surface area contributed by atoms with E-state index in [2.05, 4.69) is 34.6 Å². The summed E-state index contributed by atoms with van der Waals surface area (Å²) in [6.07, 6.45) is 6.09. The Balaban J connectivity index is 1.64. The molecular weight excluding hydrogens is 324 g/mol. The molecule has 1 aromatic carbocycles. The minimum atomic E-state index is 0.0403. The Bertz CT molecular complexity index is 790. The summed E-state index contributed by atoms with van der Waals surface area (Å²) < 4.78 is 0. The zero-order valence-electron chi connectivity index (χ0n) is 15.4. The highest BCUT2D eigenvalue weighted by Crippen LogP contribution is 2.29. The lowest BCUT2D eigenvalue weighted by Crippen LogP contribution is -2.33. The minimum absolute atomic E-state index is 0.0403. The fraction of sp³-hybridized carbons (Fsp3) is 0.476. The van der Waals surface area contributed by atoms with Gasteiger partial charge in [0.15, 0.2) is 0 Å². The Hall–Kier alpha value is -2.43. The summed E-state index contributed by atoms with van der Waals surface area (Å²) in [7, 11) is 0. The highest BCUT2D eigenvalue weighted by Gasteiger charge is 2.26. The number of carbonyl (C=O) groups excluding carboxylic acids is 1. The lowest BCUT2D eigenvalue weighted by Gasteiger charge is -2.28. The molecule has 5 nitrogen and oxygen atoms in total. The molecule has 1 aliphatic carbocycles. The number of rotatable bonds is 5. The summed E-state index contributed by atoms with van der Waals surface area (Å²) in [6.45, 7) is 3.49. The van der Waals surface area contributed by atoms with E-state index in [1.54, 1.807) is 0 Å². The van der Waals surface area contributed by atoms with Gasteiger partial charge in [0.05, 0.1) is 6.04 Å². The zero-order valence-corrected chi connectivity index (χ0v) is 15.4.